The maximum atomic E-state index is 12.3. The molecule has 0 atom stereocenters. The van der Waals surface area contributed by atoms with Gasteiger partial charge in [0.25, 0.3) is 11.3 Å². The molecule has 1 aliphatic rings. The van der Waals surface area contributed by atoms with Crippen LogP contribution in [0.5, 0.6) is 0 Å². The number of carbonyl (C=O) groups is 2. The highest BCUT2D eigenvalue weighted by atomic mass is 32.2. The molecule has 27 heavy (non-hydrogen) atoms. The fourth-order valence-electron chi connectivity index (χ4n) is 2.33. The number of H-pyrrole nitrogens is 1. The number of esters is 2. The Kier molecular flexibility index (Phi) is 5.00. The summed E-state index contributed by atoms with van der Waals surface area (Å²) in [6, 6.07) is 6.78. The summed E-state index contributed by atoms with van der Waals surface area (Å²) in [4.78, 5) is 38.9. The molecule has 1 aromatic carbocycles. The zero-order valence-corrected chi connectivity index (χ0v) is 15.5. The molecular formula is C17H16N4O5S. The van der Waals surface area contributed by atoms with Crippen molar-refractivity contribution in [2.45, 2.75) is 24.8 Å². The first-order valence-corrected chi connectivity index (χ1v) is 9.07. The second-order valence-electron chi connectivity index (χ2n) is 5.94. The van der Waals surface area contributed by atoms with Crippen molar-refractivity contribution in [2.75, 3.05) is 11.6 Å². The molecule has 2 N–H and O–H groups in total. The third kappa shape index (κ3) is 4.00. The predicted octanol–water partition coefficient (Wildman–Crippen LogP) is 1.69. The number of aromatic amines is 1. The van der Waals surface area contributed by atoms with Crippen molar-refractivity contribution < 1.29 is 19.1 Å². The van der Waals surface area contributed by atoms with Gasteiger partial charge in [0, 0.05) is 31.3 Å². The molecule has 0 bridgehead atoms. The largest absolute Gasteiger partial charge is 0.419 e. The van der Waals surface area contributed by atoms with Crippen molar-refractivity contribution in [2.24, 2.45) is 0 Å². The van der Waals surface area contributed by atoms with E-state index in [1.165, 1.54) is 31.8 Å². The number of nitrogens with zero attached hydrogens (tertiary/aromatic N) is 2. The van der Waals surface area contributed by atoms with E-state index in [0.29, 0.717) is 16.4 Å². The van der Waals surface area contributed by atoms with Gasteiger partial charge in [0.2, 0.25) is 0 Å². The zero-order chi connectivity index (χ0) is 19.6. The summed E-state index contributed by atoms with van der Waals surface area (Å²) in [5.41, 5.74) is 0.307. The van der Waals surface area contributed by atoms with Gasteiger partial charge in [-0.15, -0.1) is 10.2 Å². The number of thioether (sulfide) groups is 1. The number of carbonyl (C=O) groups excluding carboxylic acids is 2. The first kappa shape index (κ1) is 18.6. The highest BCUT2D eigenvalue weighted by Gasteiger charge is 2.39. The van der Waals surface area contributed by atoms with E-state index >= 15 is 0 Å². The molecule has 3 rings (SSSR count). The zero-order valence-electron chi connectivity index (χ0n) is 14.7. The van der Waals surface area contributed by atoms with Crippen molar-refractivity contribution in [3.8, 4) is 11.3 Å². The van der Waals surface area contributed by atoms with Gasteiger partial charge in [-0.05, 0) is 12.3 Å². The average molecular weight is 388 g/mol. The summed E-state index contributed by atoms with van der Waals surface area (Å²) in [6.07, 6.45) is 2.95. The highest BCUT2D eigenvalue weighted by molar-refractivity contribution is 7.98. The molecular weight excluding hydrogens is 372 g/mol. The molecule has 1 aromatic heterocycles. The van der Waals surface area contributed by atoms with Crippen LogP contribution < -0.4 is 10.9 Å². The lowest BCUT2D eigenvalue weighted by molar-refractivity contribution is -0.222. The minimum atomic E-state index is -1.31. The number of anilines is 1. The number of nitrogens with one attached hydrogen (secondary N) is 2. The average Bonchev–Trinajstić information content (AvgIpc) is 2.60. The van der Waals surface area contributed by atoms with Gasteiger partial charge >= 0.3 is 11.9 Å². The molecule has 2 heterocycles. The Bertz CT molecular complexity index is 977. The Labute approximate surface area is 158 Å². The summed E-state index contributed by atoms with van der Waals surface area (Å²) in [7, 11) is 0. The third-order valence-corrected chi connectivity index (χ3v) is 4.11. The van der Waals surface area contributed by atoms with Gasteiger partial charge in [0.05, 0.1) is 0 Å². The Morgan fingerprint density at radius 2 is 1.78 bits per heavy atom. The third-order valence-electron chi connectivity index (χ3n) is 3.54. The number of hydrogen-bond donors (Lipinski definition) is 2. The summed E-state index contributed by atoms with van der Waals surface area (Å²) < 4.78 is 10.1. The maximum Gasteiger partial charge on any atom is 0.350 e. The van der Waals surface area contributed by atoms with Crippen LogP contribution in [0.25, 0.3) is 11.3 Å². The molecule has 1 fully saturated rings. The summed E-state index contributed by atoms with van der Waals surface area (Å²) >= 11 is 1.26. The van der Waals surface area contributed by atoms with Crippen LogP contribution in [0.2, 0.25) is 0 Å². The first-order valence-electron chi connectivity index (χ1n) is 7.84. The highest BCUT2D eigenvalue weighted by Crippen LogP contribution is 2.26. The molecule has 9 nitrogen and oxygen atoms in total. The van der Waals surface area contributed by atoms with Crippen LogP contribution in [0.15, 0.2) is 46.0 Å². The number of benzene rings is 1. The summed E-state index contributed by atoms with van der Waals surface area (Å²) in [6.45, 7) is 2.93. The standard InChI is InChI=1S/C17H16N4O5S/c1-17(2)25-14(23)10(15(24)26-17)8-18-11-7-5-4-6-9(11)12-13(22)19-16(27-3)21-20-12/h4-8,18H,1-3H3,(H,19,21,22). The summed E-state index contributed by atoms with van der Waals surface area (Å²) in [5.74, 6) is -2.92. The minimum absolute atomic E-state index is 0.101. The first-order chi connectivity index (χ1) is 12.8. The van der Waals surface area contributed by atoms with Crippen LogP contribution >= 0.6 is 11.8 Å². The van der Waals surface area contributed by atoms with E-state index in [1.807, 2.05) is 0 Å². The molecule has 0 aliphatic carbocycles. The number of rotatable bonds is 4. The SMILES string of the molecule is CSc1nnc(-c2ccccc2NC=C2C(=O)OC(C)(C)OC2=O)c(=O)[nH]1. The minimum Gasteiger partial charge on any atom is -0.419 e. The van der Waals surface area contributed by atoms with Crippen molar-refractivity contribution >= 4 is 29.4 Å². The van der Waals surface area contributed by atoms with E-state index in [-0.39, 0.29) is 11.3 Å². The summed E-state index contributed by atoms with van der Waals surface area (Å²) in [5, 5.41) is 11.1. The lowest BCUT2D eigenvalue weighted by Gasteiger charge is -2.29. The number of ether oxygens (including phenoxy) is 2. The lowest BCUT2D eigenvalue weighted by Crippen LogP contribution is -2.42. The van der Waals surface area contributed by atoms with Gasteiger partial charge in [-0.2, -0.15) is 0 Å². The fraction of sp³-hybridized carbons (Fsp3) is 0.235. The Morgan fingerprint density at radius 3 is 2.41 bits per heavy atom. The Balaban J connectivity index is 1.93. The van der Waals surface area contributed by atoms with Crippen molar-refractivity contribution in [1.82, 2.24) is 15.2 Å². The Hall–Kier alpha value is -3.14. The van der Waals surface area contributed by atoms with E-state index in [1.54, 1.807) is 30.5 Å². The normalized spacial score (nSPS) is 15.7. The number of para-hydroxylation sites is 1. The van der Waals surface area contributed by atoms with Crippen molar-refractivity contribution in [3.05, 3.63) is 46.4 Å². The monoisotopic (exact) mass is 388 g/mol. The molecule has 0 saturated carbocycles. The lowest BCUT2D eigenvalue weighted by atomic mass is 10.1. The molecule has 0 spiro atoms. The van der Waals surface area contributed by atoms with Crippen LogP contribution in [0.4, 0.5) is 5.69 Å². The second kappa shape index (κ2) is 7.23. The second-order valence-corrected chi connectivity index (χ2v) is 6.73. The molecule has 0 radical (unpaired) electrons. The topological polar surface area (TPSA) is 123 Å². The van der Waals surface area contributed by atoms with Gasteiger partial charge in [-0.1, -0.05) is 30.0 Å². The molecule has 0 amide bonds. The molecule has 0 unspecified atom stereocenters. The van der Waals surface area contributed by atoms with Crippen molar-refractivity contribution in [3.63, 3.8) is 0 Å². The maximum absolute atomic E-state index is 12.3. The van der Waals surface area contributed by atoms with Crippen LogP contribution in [-0.4, -0.2) is 39.2 Å². The molecule has 2 aromatic rings. The number of aromatic nitrogens is 3. The van der Waals surface area contributed by atoms with Crippen LogP contribution in [-0.2, 0) is 19.1 Å². The van der Waals surface area contributed by atoms with E-state index in [4.69, 9.17) is 9.47 Å². The quantitative estimate of drug-likeness (QED) is 0.348. The van der Waals surface area contributed by atoms with Gasteiger partial charge in [-0.25, -0.2) is 9.59 Å². The molecule has 1 aliphatic heterocycles. The van der Waals surface area contributed by atoms with E-state index in [0.717, 1.165) is 0 Å². The molecule has 1 saturated heterocycles. The molecule has 140 valence electrons. The number of cyclic esters (lactones) is 2. The van der Waals surface area contributed by atoms with E-state index in [9.17, 15) is 14.4 Å². The van der Waals surface area contributed by atoms with Gasteiger partial charge in [-0.3, -0.25) is 9.78 Å². The fourth-order valence-corrected chi connectivity index (χ4v) is 2.65. The van der Waals surface area contributed by atoms with Crippen LogP contribution in [0.1, 0.15) is 13.8 Å². The molecule has 10 heteroatoms. The van der Waals surface area contributed by atoms with Crippen molar-refractivity contribution in [1.29, 1.82) is 0 Å². The van der Waals surface area contributed by atoms with Gasteiger partial charge in [0.15, 0.2) is 16.4 Å². The predicted molar refractivity (Wildman–Crippen MR) is 97.8 cm³/mol. The Morgan fingerprint density at radius 1 is 1.11 bits per heavy atom. The van der Waals surface area contributed by atoms with Crippen LogP contribution in [0, 0.1) is 0 Å². The van der Waals surface area contributed by atoms with E-state index < -0.39 is 23.3 Å². The van der Waals surface area contributed by atoms with Gasteiger partial charge in [0.1, 0.15) is 0 Å². The van der Waals surface area contributed by atoms with Gasteiger partial charge < -0.3 is 14.8 Å². The smallest absolute Gasteiger partial charge is 0.350 e. The van der Waals surface area contributed by atoms with Crippen LogP contribution in [0.3, 0.4) is 0 Å². The number of hydrogen-bond acceptors (Lipinski definition) is 9. The van der Waals surface area contributed by atoms with E-state index in [2.05, 4.69) is 20.5 Å².